The van der Waals surface area contributed by atoms with E-state index < -0.39 is 11.9 Å². The third-order valence-corrected chi connectivity index (χ3v) is 7.00. The quantitative estimate of drug-likeness (QED) is 0.397. The molecule has 11 heteroatoms. The molecule has 0 aliphatic carbocycles. The number of hydrogen-bond donors (Lipinski definition) is 2. The summed E-state index contributed by atoms with van der Waals surface area (Å²) in [6, 6.07) is 14.4. The minimum atomic E-state index is -1.82. The van der Waals surface area contributed by atoms with E-state index in [1.165, 1.54) is 12.1 Å². The van der Waals surface area contributed by atoms with Crippen LogP contribution in [-0.2, 0) is 36.8 Å². The molecule has 10 nitrogen and oxygen atoms in total. The first-order valence-electron chi connectivity index (χ1n) is 14.3. The second-order valence-corrected chi connectivity index (χ2v) is 10.6. The number of carbonyl (C=O) groups excluding carboxylic acids is 1. The van der Waals surface area contributed by atoms with Crippen LogP contribution in [0, 0.1) is 5.82 Å². The summed E-state index contributed by atoms with van der Waals surface area (Å²) in [5, 5.41) is 14.8. The lowest BCUT2D eigenvalue weighted by molar-refractivity contribution is -0.183. The number of piperidine rings is 1. The van der Waals surface area contributed by atoms with Crippen LogP contribution in [0.1, 0.15) is 50.7 Å². The van der Waals surface area contributed by atoms with Crippen molar-refractivity contribution in [3.05, 3.63) is 65.5 Å². The van der Waals surface area contributed by atoms with Gasteiger partial charge in [0.25, 0.3) is 0 Å². The number of likely N-dealkylation sites (tertiary alicyclic amines) is 1. The van der Waals surface area contributed by atoms with Crippen molar-refractivity contribution in [1.29, 1.82) is 0 Å². The highest BCUT2D eigenvalue weighted by atomic mass is 19.1. The maximum atomic E-state index is 13.5. The molecular formula is C31H41FN2O8. The van der Waals surface area contributed by atoms with Crippen LogP contribution in [0.2, 0.25) is 0 Å². The molecule has 4 rings (SSSR count). The Kier molecular flexibility index (Phi) is 13.2. The van der Waals surface area contributed by atoms with Crippen molar-refractivity contribution in [2.45, 2.75) is 70.9 Å². The van der Waals surface area contributed by atoms with Crippen LogP contribution in [0.15, 0.2) is 48.5 Å². The summed E-state index contributed by atoms with van der Waals surface area (Å²) in [6.45, 7) is 8.84. The second-order valence-electron chi connectivity index (χ2n) is 10.6. The molecule has 2 saturated heterocycles. The summed E-state index contributed by atoms with van der Waals surface area (Å²) in [4.78, 5) is 36.2. The fourth-order valence-electron chi connectivity index (χ4n) is 4.89. The lowest BCUT2D eigenvalue weighted by Gasteiger charge is -2.39. The maximum absolute atomic E-state index is 13.5. The zero-order valence-electron chi connectivity index (χ0n) is 24.2. The van der Waals surface area contributed by atoms with E-state index in [2.05, 4.69) is 4.90 Å². The Hall–Kier alpha value is -3.54. The highest BCUT2D eigenvalue weighted by Crippen LogP contribution is 2.22. The van der Waals surface area contributed by atoms with E-state index in [0.717, 1.165) is 75.4 Å². The second kappa shape index (κ2) is 16.8. The van der Waals surface area contributed by atoms with Crippen LogP contribution in [0.4, 0.5) is 4.39 Å². The molecule has 0 aromatic heterocycles. The van der Waals surface area contributed by atoms with Gasteiger partial charge in [-0.15, -0.1) is 0 Å². The van der Waals surface area contributed by atoms with Crippen LogP contribution in [-0.4, -0.2) is 89.1 Å². The molecule has 0 unspecified atom stereocenters. The number of carboxylic acids is 2. The number of ether oxygens (including phenoxy) is 3. The van der Waals surface area contributed by atoms with Gasteiger partial charge in [0.05, 0.1) is 25.7 Å². The highest BCUT2D eigenvalue weighted by Gasteiger charge is 2.29. The van der Waals surface area contributed by atoms with E-state index in [4.69, 9.17) is 34.0 Å². The molecule has 1 amide bonds. The van der Waals surface area contributed by atoms with Crippen molar-refractivity contribution < 1.29 is 43.2 Å². The van der Waals surface area contributed by atoms with Crippen LogP contribution < -0.4 is 4.74 Å². The van der Waals surface area contributed by atoms with Gasteiger partial charge in [0.15, 0.2) is 6.29 Å². The van der Waals surface area contributed by atoms with Crippen LogP contribution in [0.3, 0.4) is 0 Å². The Morgan fingerprint density at radius 1 is 0.952 bits per heavy atom. The number of nitrogens with zero attached hydrogens (tertiary/aromatic N) is 2. The molecule has 2 N–H and O–H groups in total. The van der Waals surface area contributed by atoms with Gasteiger partial charge in [-0.05, 0) is 68.5 Å². The van der Waals surface area contributed by atoms with E-state index >= 15 is 0 Å². The number of carbonyl (C=O) groups is 3. The van der Waals surface area contributed by atoms with Crippen LogP contribution in [0.5, 0.6) is 5.75 Å². The van der Waals surface area contributed by atoms with E-state index in [-0.39, 0.29) is 30.2 Å². The fourth-order valence-corrected chi connectivity index (χ4v) is 4.89. The summed E-state index contributed by atoms with van der Waals surface area (Å²) < 4.78 is 30.6. The summed E-state index contributed by atoms with van der Waals surface area (Å²) in [7, 11) is 0. The number of amides is 1. The van der Waals surface area contributed by atoms with Crippen molar-refractivity contribution >= 4 is 17.8 Å². The minimum Gasteiger partial charge on any atom is -0.491 e. The van der Waals surface area contributed by atoms with Gasteiger partial charge in [-0.1, -0.05) is 24.3 Å². The van der Waals surface area contributed by atoms with Crippen molar-refractivity contribution in [1.82, 2.24) is 9.80 Å². The summed E-state index contributed by atoms with van der Waals surface area (Å²) in [5.74, 6) is -3.01. The topological polar surface area (TPSA) is 126 Å². The molecule has 0 bridgehead atoms. The molecule has 42 heavy (non-hydrogen) atoms. The first-order valence-corrected chi connectivity index (χ1v) is 14.3. The molecule has 2 aliphatic rings. The first kappa shape index (κ1) is 33.0. The van der Waals surface area contributed by atoms with Gasteiger partial charge in [-0.3, -0.25) is 4.79 Å². The standard InChI is InChI=1S/C29H39FN2O4.C2H2O4/c1-22(2)36-27-10-6-23(7-11-27)20-28(33)32(21-24-4-8-25(30)9-5-24)26-12-15-31(16-13-26)17-14-29-34-18-3-19-35-29;3-1(4)2(5)6/h4-11,22,26,29H,3,12-21H2,1-2H3;(H,3,4)(H,5,6). The zero-order valence-corrected chi connectivity index (χ0v) is 24.2. The Bertz CT molecular complexity index is 1120. The molecule has 2 aliphatic heterocycles. The van der Waals surface area contributed by atoms with Gasteiger partial charge in [0.1, 0.15) is 11.6 Å². The van der Waals surface area contributed by atoms with E-state index in [1.807, 2.05) is 43.0 Å². The predicted molar refractivity (Wildman–Crippen MR) is 153 cm³/mol. The smallest absolute Gasteiger partial charge is 0.414 e. The molecule has 0 saturated carbocycles. The van der Waals surface area contributed by atoms with E-state index in [9.17, 15) is 9.18 Å². The van der Waals surface area contributed by atoms with Crippen LogP contribution >= 0.6 is 0 Å². The highest BCUT2D eigenvalue weighted by molar-refractivity contribution is 6.27. The number of rotatable bonds is 10. The number of hydrogen-bond acceptors (Lipinski definition) is 7. The Morgan fingerprint density at radius 2 is 1.52 bits per heavy atom. The van der Waals surface area contributed by atoms with Gasteiger partial charge < -0.3 is 34.2 Å². The average molecular weight is 589 g/mol. The van der Waals surface area contributed by atoms with Crippen LogP contribution in [0.25, 0.3) is 0 Å². The molecule has 0 atom stereocenters. The lowest BCUT2D eigenvalue weighted by Crippen LogP contribution is -2.48. The first-order chi connectivity index (χ1) is 20.1. The fraction of sp³-hybridized carbons (Fsp3) is 0.516. The lowest BCUT2D eigenvalue weighted by atomic mass is 10.0. The zero-order chi connectivity index (χ0) is 30.5. The van der Waals surface area contributed by atoms with E-state index in [1.54, 1.807) is 12.1 Å². The monoisotopic (exact) mass is 588 g/mol. The molecule has 2 aromatic carbocycles. The summed E-state index contributed by atoms with van der Waals surface area (Å²) in [5.41, 5.74) is 1.91. The van der Waals surface area contributed by atoms with Crippen molar-refractivity contribution in [2.24, 2.45) is 0 Å². The van der Waals surface area contributed by atoms with E-state index in [0.29, 0.717) is 13.0 Å². The molecule has 2 fully saturated rings. The minimum absolute atomic E-state index is 0.0923. The Balaban J connectivity index is 0.000000730. The Labute approximate surface area is 246 Å². The van der Waals surface area contributed by atoms with Crippen molar-refractivity contribution in [3.8, 4) is 5.75 Å². The van der Waals surface area contributed by atoms with Crippen molar-refractivity contribution in [3.63, 3.8) is 0 Å². The van der Waals surface area contributed by atoms with Gasteiger partial charge in [-0.25, -0.2) is 14.0 Å². The SMILES string of the molecule is CC(C)Oc1ccc(CC(=O)N(Cc2ccc(F)cc2)C2CCN(CCC3OCCCO3)CC2)cc1.O=C(O)C(=O)O. The number of benzene rings is 2. The normalized spacial score (nSPS) is 16.4. The van der Waals surface area contributed by atoms with Crippen molar-refractivity contribution in [2.75, 3.05) is 32.8 Å². The number of halogens is 1. The third kappa shape index (κ3) is 11.4. The van der Waals surface area contributed by atoms with Gasteiger partial charge in [-0.2, -0.15) is 0 Å². The van der Waals surface area contributed by atoms with Gasteiger partial charge >= 0.3 is 11.9 Å². The predicted octanol–water partition coefficient (Wildman–Crippen LogP) is 3.96. The molecule has 0 radical (unpaired) electrons. The summed E-state index contributed by atoms with van der Waals surface area (Å²) >= 11 is 0. The average Bonchev–Trinajstić information content (AvgIpc) is 2.97. The molecule has 2 heterocycles. The van der Waals surface area contributed by atoms with Gasteiger partial charge in [0.2, 0.25) is 5.91 Å². The molecular weight excluding hydrogens is 547 g/mol. The Morgan fingerprint density at radius 3 is 2.07 bits per heavy atom. The molecule has 230 valence electrons. The third-order valence-electron chi connectivity index (χ3n) is 7.00. The summed E-state index contributed by atoms with van der Waals surface area (Å²) in [6.07, 6.45) is 4.03. The number of aliphatic carboxylic acids is 2. The molecule has 2 aromatic rings. The molecule has 0 spiro atoms. The van der Waals surface area contributed by atoms with Gasteiger partial charge in [0, 0.05) is 38.6 Å². The largest absolute Gasteiger partial charge is 0.491 e. The number of carboxylic acid groups (broad SMARTS) is 2. The maximum Gasteiger partial charge on any atom is 0.414 e.